The van der Waals surface area contributed by atoms with Gasteiger partial charge in [0.15, 0.2) is 0 Å². The summed E-state index contributed by atoms with van der Waals surface area (Å²) in [7, 11) is -3.66. The molecule has 1 aromatic carbocycles. The Balaban J connectivity index is 1.70. The summed E-state index contributed by atoms with van der Waals surface area (Å²) in [4.78, 5) is 14.2. The summed E-state index contributed by atoms with van der Waals surface area (Å²) in [5, 5.41) is 8.81. The van der Waals surface area contributed by atoms with E-state index in [1.807, 2.05) is 6.07 Å². The number of thiophene rings is 1. The Kier molecular flexibility index (Phi) is 5.55. The summed E-state index contributed by atoms with van der Waals surface area (Å²) in [6.07, 6.45) is 0. The Morgan fingerprint density at radius 1 is 1.12 bits per heavy atom. The van der Waals surface area contributed by atoms with E-state index in [0.29, 0.717) is 19.8 Å². The van der Waals surface area contributed by atoms with Crippen molar-refractivity contribution in [2.24, 2.45) is 0 Å². The van der Waals surface area contributed by atoms with Crippen molar-refractivity contribution in [2.45, 2.75) is 4.90 Å². The molecule has 0 radical (unpaired) electrons. The third kappa shape index (κ3) is 3.72. The first-order valence-corrected chi connectivity index (χ1v) is 10.6. The van der Waals surface area contributed by atoms with Crippen molar-refractivity contribution in [3.8, 4) is 6.07 Å². The van der Waals surface area contributed by atoms with Crippen molar-refractivity contribution in [1.29, 1.82) is 5.26 Å². The van der Waals surface area contributed by atoms with Gasteiger partial charge in [-0.25, -0.2) is 8.42 Å². The monoisotopic (exact) mass is 429 g/mol. The minimum absolute atomic E-state index is 0.129. The highest BCUT2D eigenvalue weighted by Gasteiger charge is 2.31. The maximum atomic E-state index is 12.7. The van der Waals surface area contributed by atoms with Crippen molar-refractivity contribution in [3.05, 3.63) is 50.1 Å². The van der Waals surface area contributed by atoms with E-state index in [1.54, 1.807) is 4.90 Å². The second-order valence-electron chi connectivity index (χ2n) is 5.57. The van der Waals surface area contributed by atoms with Gasteiger partial charge in [-0.2, -0.15) is 9.57 Å². The van der Waals surface area contributed by atoms with Gasteiger partial charge < -0.3 is 4.90 Å². The van der Waals surface area contributed by atoms with E-state index in [0.717, 1.165) is 11.3 Å². The molecule has 1 aromatic heterocycles. The summed E-state index contributed by atoms with van der Waals surface area (Å²) in [5.74, 6) is -0.256. The van der Waals surface area contributed by atoms with Gasteiger partial charge in [0.25, 0.3) is 5.91 Å². The van der Waals surface area contributed by atoms with Gasteiger partial charge in [0.05, 0.1) is 26.4 Å². The number of nitriles is 1. The van der Waals surface area contributed by atoms with Gasteiger partial charge >= 0.3 is 0 Å². The minimum atomic E-state index is -3.66. The molecular formula is C16H13Cl2N3O3S2. The van der Waals surface area contributed by atoms with E-state index in [9.17, 15) is 13.2 Å². The van der Waals surface area contributed by atoms with Crippen LogP contribution in [0.1, 0.15) is 15.9 Å². The van der Waals surface area contributed by atoms with Crippen LogP contribution in [0.5, 0.6) is 0 Å². The van der Waals surface area contributed by atoms with E-state index in [2.05, 4.69) is 0 Å². The van der Waals surface area contributed by atoms with Crippen molar-refractivity contribution >= 4 is 50.5 Å². The summed E-state index contributed by atoms with van der Waals surface area (Å²) in [6.45, 7) is 0.892. The standard InChI is InChI=1S/C16H13Cl2N3O3S2/c17-14-9-13(15(18)25-14)16(22)20-5-7-21(8-6-20)26(23,24)12-3-1-11(10-19)2-4-12/h1-4,9H,5-8H2. The van der Waals surface area contributed by atoms with Crippen molar-refractivity contribution in [3.63, 3.8) is 0 Å². The number of nitrogens with zero attached hydrogens (tertiary/aromatic N) is 3. The predicted molar refractivity (Wildman–Crippen MR) is 100 cm³/mol. The molecule has 1 saturated heterocycles. The molecule has 1 fully saturated rings. The highest BCUT2D eigenvalue weighted by Crippen LogP contribution is 2.32. The van der Waals surface area contributed by atoms with Crippen molar-refractivity contribution in [2.75, 3.05) is 26.2 Å². The van der Waals surface area contributed by atoms with E-state index in [-0.39, 0.29) is 37.0 Å². The third-order valence-electron chi connectivity index (χ3n) is 4.03. The molecule has 0 aliphatic carbocycles. The molecule has 26 heavy (non-hydrogen) atoms. The molecule has 6 nitrogen and oxygen atoms in total. The second-order valence-corrected chi connectivity index (χ2v) is 9.79. The number of amides is 1. The van der Waals surface area contributed by atoms with Gasteiger partial charge in [0.1, 0.15) is 4.34 Å². The van der Waals surface area contributed by atoms with Crippen LogP contribution in [0, 0.1) is 11.3 Å². The van der Waals surface area contributed by atoms with Crippen LogP contribution in [-0.2, 0) is 10.0 Å². The van der Waals surface area contributed by atoms with E-state index < -0.39 is 10.0 Å². The number of sulfonamides is 1. The fraction of sp³-hybridized carbons (Fsp3) is 0.250. The van der Waals surface area contributed by atoms with Crippen LogP contribution in [-0.4, -0.2) is 49.7 Å². The van der Waals surface area contributed by atoms with Crippen LogP contribution in [0.15, 0.2) is 35.2 Å². The lowest BCUT2D eigenvalue weighted by Crippen LogP contribution is -2.50. The fourth-order valence-electron chi connectivity index (χ4n) is 2.64. The normalized spacial score (nSPS) is 15.7. The van der Waals surface area contributed by atoms with Gasteiger partial charge in [-0.15, -0.1) is 11.3 Å². The summed E-state index contributed by atoms with van der Waals surface area (Å²) in [6, 6.07) is 9.24. The van der Waals surface area contributed by atoms with Crippen LogP contribution >= 0.6 is 34.5 Å². The molecule has 1 aliphatic heterocycles. The number of benzene rings is 1. The molecule has 2 aromatic rings. The molecule has 0 unspecified atom stereocenters. The quantitative estimate of drug-likeness (QED) is 0.750. The molecule has 136 valence electrons. The van der Waals surface area contributed by atoms with E-state index in [1.165, 1.54) is 34.6 Å². The number of hydrogen-bond acceptors (Lipinski definition) is 5. The van der Waals surface area contributed by atoms with Gasteiger partial charge in [-0.05, 0) is 30.3 Å². The molecule has 1 aliphatic rings. The maximum absolute atomic E-state index is 12.7. The number of hydrogen-bond donors (Lipinski definition) is 0. The van der Waals surface area contributed by atoms with E-state index in [4.69, 9.17) is 28.5 Å². The molecule has 1 amide bonds. The molecule has 0 atom stereocenters. The van der Waals surface area contributed by atoms with E-state index >= 15 is 0 Å². The smallest absolute Gasteiger partial charge is 0.256 e. The number of piperazine rings is 1. The van der Waals surface area contributed by atoms with Crippen LogP contribution in [0.4, 0.5) is 0 Å². The highest BCUT2D eigenvalue weighted by atomic mass is 35.5. The molecular weight excluding hydrogens is 417 g/mol. The largest absolute Gasteiger partial charge is 0.336 e. The molecule has 0 saturated carbocycles. The lowest BCUT2D eigenvalue weighted by atomic mass is 10.2. The zero-order valence-corrected chi connectivity index (χ0v) is 16.5. The SMILES string of the molecule is N#Cc1ccc(S(=O)(=O)N2CCN(C(=O)c3cc(Cl)sc3Cl)CC2)cc1. The zero-order valence-electron chi connectivity index (χ0n) is 13.4. The van der Waals surface area contributed by atoms with Gasteiger partial charge in [0, 0.05) is 26.2 Å². The average Bonchev–Trinajstić information content (AvgIpc) is 2.99. The predicted octanol–water partition coefficient (Wildman–Crippen LogP) is 3.07. The Hall–Kier alpha value is -1.63. The highest BCUT2D eigenvalue weighted by molar-refractivity contribution is 7.89. The molecule has 0 spiro atoms. The molecule has 3 rings (SSSR count). The molecule has 2 heterocycles. The van der Waals surface area contributed by atoms with Crippen LogP contribution in [0.25, 0.3) is 0 Å². The van der Waals surface area contributed by atoms with Crippen LogP contribution < -0.4 is 0 Å². The second kappa shape index (κ2) is 7.55. The van der Waals surface area contributed by atoms with Gasteiger partial charge in [-0.3, -0.25) is 4.79 Å². The first-order valence-electron chi connectivity index (χ1n) is 7.57. The van der Waals surface area contributed by atoms with Gasteiger partial charge in [-0.1, -0.05) is 23.2 Å². The van der Waals surface area contributed by atoms with Crippen molar-refractivity contribution < 1.29 is 13.2 Å². The van der Waals surface area contributed by atoms with Crippen molar-refractivity contribution in [1.82, 2.24) is 9.21 Å². The summed E-state index contributed by atoms with van der Waals surface area (Å²) >= 11 is 13.0. The first kappa shape index (κ1) is 19.1. The first-order chi connectivity index (χ1) is 12.3. The fourth-order valence-corrected chi connectivity index (χ4v) is 5.51. The molecule has 0 N–H and O–H groups in total. The van der Waals surface area contributed by atoms with Gasteiger partial charge in [0.2, 0.25) is 10.0 Å². The van der Waals surface area contributed by atoms with Crippen LogP contribution in [0.2, 0.25) is 8.67 Å². The zero-order chi connectivity index (χ0) is 18.9. The lowest BCUT2D eigenvalue weighted by molar-refractivity contribution is 0.0698. The maximum Gasteiger partial charge on any atom is 0.256 e. The number of carbonyl (C=O) groups excluding carboxylic acids is 1. The summed E-state index contributed by atoms with van der Waals surface area (Å²) < 4.78 is 27.5. The Morgan fingerprint density at radius 3 is 2.23 bits per heavy atom. The molecule has 0 bridgehead atoms. The number of carbonyl (C=O) groups is 1. The Bertz CT molecular complexity index is 973. The Labute approximate surface area is 165 Å². The number of halogens is 2. The lowest BCUT2D eigenvalue weighted by Gasteiger charge is -2.34. The van der Waals surface area contributed by atoms with Crippen LogP contribution in [0.3, 0.4) is 0 Å². The number of rotatable bonds is 3. The third-order valence-corrected chi connectivity index (χ3v) is 7.43. The average molecular weight is 430 g/mol. The Morgan fingerprint density at radius 2 is 1.73 bits per heavy atom. The summed E-state index contributed by atoms with van der Waals surface area (Å²) in [5.41, 5.74) is 0.732. The topological polar surface area (TPSA) is 81.5 Å². The molecule has 10 heteroatoms. The minimum Gasteiger partial charge on any atom is -0.336 e.